The number of rotatable bonds is 3. The van der Waals surface area contributed by atoms with Crippen molar-refractivity contribution < 1.29 is 27.5 Å². The van der Waals surface area contributed by atoms with E-state index in [1.54, 1.807) is 12.3 Å². The number of nitrogens with zero attached hydrogens (tertiary/aromatic N) is 3. The molecule has 1 aliphatic heterocycles. The average Bonchev–Trinajstić information content (AvgIpc) is 3.19. The SMILES string of the molecule is N#Cc1ccc(F)c(CN2CCCC(c3c[nH]c4ncccc34)C2)c1.O=C(O)C(F)(F)F. The number of hydrogen-bond donors (Lipinski definition) is 2. The lowest BCUT2D eigenvalue weighted by Gasteiger charge is -2.32. The van der Waals surface area contributed by atoms with Crippen molar-refractivity contribution in [3.05, 3.63) is 65.2 Å². The molecule has 0 saturated carbocycles. The molecule has 1 atom stereocenters. The highest BCUT2D eigenvalue weighted by atomic mass is 19.4. The number of piperidine rings is 1. The second-order valence-electron chi connectivity index (χ2n) is 7.44. The number of aromatic amines is 1. The first-order valence-electron chi connectivity index (χ1n) is 9.82. The third-order valence-corrected chi connectivity index (χ3v) is 5.24. The van der Waals surface area contributed by atoms with Crippen LogP contribution >= 0.6 is 0 Å². The number of H-pyrrole nitrogens is 1. The molecule has 2 aromatic heterocycles. The van der Waals surface area contributed by atoms with Gasteiger partial charge in [0.1, 0.15) is 11.5 Å². The maximum atomic E-state index is 14.1. The number of fused-ring (bicyclic) bond motifs is 1. The van der Waals surface area contributed by atoms with Crippen LogP contribution in [0.15, 0.2) is 42.7 Å². The minimum Gasteiger partial charge on any atom is -0.475 e. The van der Waals surface area contributed by atoms with E-state index in [1.807, 2.05) is 6.07 Å². The summed E-state index contributed by atoms with van der Waals surface area (Å²) in [5.74, 6) is -2.58. The van der Waals surface area contributed by atoms with Crippen LogP contribution in [0, 0.1) is 17.1 Å². The predicted molar refractivity (Wildman–Crippen MR) is 108 cm³/mol. The van der Waals surface area contributed by atoms with Crippen molar-refractivity contribution >= 4 is 17.0 Å². The van der Waals surface area contributed by atoms with E-state index in [0.717, 1.165) is 31.6 Å². The summed E-state index contributed by atoms with van der Waals surface area (Å²) in [6.45, 7) is 2.38. The lowest BCUT2D eigenvalue weighted by Crippen LogP contribution is -2.34. The molecule has 1 aliphatic rings. The summed E-state index contributed by atoms with van der Waals surface area (Å²) in [5.41, 5.74) is 3.31. The van der Waals surface area contributed by atoms with Crippen molar-refractivity contribution in [3.63, 3.8) is 0 Å². The molecule has 3 heterocycles. The fourth-order valence-electron chi connectivity index (χ4n) is 3.77. The summed E-state index contributed by atoms with van der Waals surface area (Å²) >= 11 is 0. The zero-order valence-electron chi connectivity index (χ0n) is 16.9. The van der Waals surface area contributed by atoms with Crippen LogP contribution in [-0.4, -0.2) is 45.2 Å². The summed E-state index contributed by atoms with van der Waals surface area (Å²) < 4.78 is 45.8. The molecule has 1 unspecified atom stereocenters. The molecule has 32 heavy (non-hydrogen) atoms. The minimum atomic E-state index is -5.08. The maximum Gasteiger partial charge on any atom is 0.490 e. The van der Waals surface area contributed by atoms with Gasteiger partial charge < -0.3 is 10.1 Å². The monoisotopic (exact) mass is 448 g/mol. The van der Waals surface area contributed by atoms with Gasteiger partial charge in [-0.2, -0.15) is 18.4 Å². The lowest BCUT2D eigenvalue weighted by atomic mass is 9.90. The number of nitrogens with one attached hydrogen (secondary N) is 1. The van der Waals surface area contributed by atoms with Gasteiger partial charge in [0, 0.05) is 36.4 Å². The van der Waals surface area contributed by atoms with Crippen LogP contribution in [0.5, 0.6) is 0 Å². The van der Waals surface area contributed by atoms with Gasteiger partial charge in [-0.05, 0) is 61.2 Å². The van der Waals surface area contributed by atoms with E-state index in [1.165, 1.54) is 23.1 Å². The van der Waals surface area contributed by atoms with Gasteiger partial charge in [0.25, 0.3) is 0 Å². The number of carboxylic acids is 1. The Kier molecular flexibility index (Phi) is 7.10. The summed E-state index contributed by atoms with van der Waals surface area (Å²) in [6.07, 6.45) is 0.972. The molecular weight excluding hydrogens is 428 g/mol. The van der Waals surface area contributed by atoms with E-state index in [9.17, 15) is 17.6 Å². The molecule has 1 saturated heterocycles. The van der Waals surface area contributed by atoms with Crippen molar-refractivity contribution in [2.24, 2.45) is 0 Å². The highest BCUT2D eigenvalue weighted by Gasteiger charge is 2.38. The van der Waals surface area contributed by atoms with Crippen LogP contribution in [0.4, 0.5) is 17.6 Å². The maximum absolute atomic E-state index is 14.1. The van der Waals surface area contributed by atoms with Crippen molar-refractivity contribution in [1.82, 2.24) is 14.9 Å². The fourth-order valence-corrected chi connectivity index (χ4v) is 3.77. The zero-order valence-corrected chi connectivity index (χ0v) is 16.9. The topological polar surface area (TPSA) is 93.0 Å². The van der Waals surface area contributed by atoms with Crippen LogP contribution < -0.4 is 0 Å². The standard InChI is InChI=1S/C20H19FN4.C2HF3O2/c21-19-6-5-14(10-22)9-16(19)13-25-8-2-3-15(12-25)18-11-24-20-17(18)4-1-7-23-20;3-2(4,5)1(6)7/h1,4-7,9,11,15H,2-3,8,12-13H2,(H,23,24);(H,6,7). The third-order valence-electron chi connectivity index (χ3n) is 5.24. The Morgan fingerprint density at radius 2 is 2.09 bits per heavy atom. The molecule has 2 N–H and O–H groups in total. The number of hydrogen-bond acceptors (Lipinski definition) is 4. The van der Waals surface area contributed by atoms with E-state index in [2.05, 4.69) is 33.2 Å². The molecule has 0 amide bonds. The van der Waals surface area contributed by atoms with Crippen LogP contribution in [0.3, 0.4) is 0 Å². The molecule has 0 radical (unpaired) electrons. The molecule has 1 fully saturated rings. The number of nitriles is 1. The van der Waals surface area contributed by atoms with Crippen LogP contribution in [0.2, 0.25) is 0 Å². The summed E-state index contributed by atoms with van der Waals surface area (Å²) in [5, 5.41) is 17.3. The van der Waals surface area contributed by atoms with Crippen LogP contribution in [0.1, 0.15) is 35.4 Å². The molecule has 0 bridgehead atoms. The van der Waals surface area contributed by atoms with E-state index in [4.69, 9.17) is 15.2 Å². The third kappa shape index (κ3) is 5.62. The summed E-state index contributed by atoms with van der Waals surface area (Å²) in [4.78, 5) is 18.8. The Labute approximate surface area is 181 Å². The number of carboxylic acid groups (broad SMARTS) is 1. The first-order chi connectivity index (χ1) is 15.2. The van der Waals surface area contributed by atoms with Gasteiger partial charge in [-0.3, -0.25) is 4.90 Å². The predicted octanol–water partition coefficient (Wildman–Crippen LogP) is 4.59. The van der Waals surface area contributed by atoms with E-state index < -0.39 is 12.1 Å². The molecule has 6 nitrogen and oxygen atoms in total. The molecule has 0 spiro atoms. The van der Waals surface area contributed by atoms with Gasteiger partial charge in [0.05, 0.1) is 11.6 Å². The lowest BCUT2D eigenvalue weighted by molar-refractivity contribution is -0.192. The molecule has 168 valence electrons. The molecule has 3 aromatic rings. The number of carbonyl (C=O) groups is 1. The zero-order chi connectivity index (χ0) is 23.3. The number of halogens is 4. The largest absolute Gasteiger partial charge is 0.490 e. The highest BCUT2D eigenvalue weighted by Crippen LogP contribution is 2.32. The number of aromatic nitrogens is 2. The van der Waals surface area contributed by atoms with E-state index in [-0.39, 0.29) is 5.82 Å². The van der Waals surface area contributed by atoms with E-state index >= 15 is 0 Å². The van der Waals surface area contributed by atoms with Gasteiger partial charge in [-0.15, -0.1) is 0 Å². The van der Waals surface area contributed by atoms with Crippen molar-refractivity contribution in [1.29, 1.82) is 5.26 Å². The Balaban J connectivity index is 0.000000360. The van der Waals surface area contributed by atoms with Gasteiger partial charge >= 0.3 is 12.1 Å². The second kappa shape index (κ2) is 9.78. The quantitative estimate of drug-likeness (QED) is 0.572. The van der Waals surface area contributed by atoms with Gasteiger partial charge in [0.15, 0.2) is 0 Å². The summed E-state index contributed by atoms with van der Waals surface area (Å²) in [7, 11) is 0. The van der Waals surface area contributed by atoms with Crippen molar-refractivity contribution in [2.75, 3.05) is 13.1 Å². The molecule has 10 heteroatoms. The highest BCUT2D eigenvalue weighted by molar-refractivity contribution is 5.80. The number of likely N-dealkylation sites (tertiary alicyclic amines) is 1. The Morgan fingerprint density at radius 3 is 2.78 bits per heavy atom. The Hall–Kier alpha value is -3.45. The normalized spacial score (nSPS) is 16.8. The number of alkyl halides is 3. The van der Waals surface area contributed by atoms with Crippen molar-refractivity contribution in [3.8, 4) is 6.07 Å². The van der Waals surface area contributed by atoms with Crippen LogP contribution in [-0.2, 0) is 11.3 Å². The molecule has 0 aliphatic carbocycles. The second-order valence-corrected chi connectivity index (χ2v) is 7.44. The number of aliphatic carboxylic acids is 1. The Morgan fingerprint density at radius 1 is 1.34 bits per heavy atom. The van der Waals surface area contributed by atoms with Gasteiger partial charge in [0.2, 0.25) is 0 Å². The number of benzene rings is 1. The Bertz CT molecular complexity index is 1140. The minimum absolute atomic E-state index is 0.239. The van der Waals surface area contributed by atoms with Crippen LogP contribution in [0.25, 0.3) is 11.0 Å². The molecule has 4 rings (SSSR count). The molecular formula is C22H20F4N4O2. The van der Waals surface area contributed by atoms with Gasteiger partial charge in [-0.25, -0.2) is 14.2 Å². The van der Waals surface area contributed by atoms with E-state index in [0.29, 0.717) is 23.6 Å². The molecule has 1 aromatic carbocycles. The van der Waals surface area contributed by atoms with Crippen molar-refractivity contribution in [2.45, 2.75) is 31.5 Å². The summed E-state index contributed by atoms with van der Waals surface area (Å²) in [6, 6.07) is 10.7. The fraction of sp³-hybridized carbons (Fsp3) is 0.318. The average molecular weight is 448 g/mol. The smallest absolute Gasteiger partial charge is 0.475 e. The first-order valence-corrected chi connectivity index (χ1v) is 9.82. The number of pyridine rings is 1. The first kappa shape index (κ1) is 23.2. The van der Waals surface area contributed by atoms with Gasteiger partial charge in [-0.1, -0.05) is 0 Å².